The van der Waals surface area contributed by atoms with E-state index in [1.165, 1.54) is 5.56 Å². The highest BCUT2D eigenvalue weighted by Gasteiger charge is 2.02. The van der Waals surface area contributed by atoms with Crippen LogP contribution in [-0.2, 0) is 12.8 Å². The van der Waals surface area contributed by atoms with Crippen molar-refractivity contribution in [1.82, 2.24) is 4.98 Å². The second kappa shape index (κ2) is 5.05. The zero-order valence-electron chi connectivity index (χ0n) is 8.39. The minimum atomic E-state index is 0.175. The Morgan fingerprint density at radius 2 is 2.00 bits per heavy atom. The van der Waals surface area contributed by atoms with Gasteiger partial charge in [-0.25, -0.2) is 4.98 Å². The number of aliphatic hydroxyl groups excluding tert-OH is 1. The number of rotatable bonds is 4. The molecule has 0 radical (unpaired) electrons. The van der Waals surface area contributed by atoms with Crippen LogP contribution >= 0.6 is 11.3 Å². The Labute approximate surface area is 93.2 Å². The van der Waals surface area contributed by atoms with Gasteiger partial charge in [-0.15, -0.1) is 11.3 Å². The van der Waals surface area contributed by atoms with Gasteiger partial charge in [0.05, 0.1) is 10.7 Å². The van der Waals surface area contributed by atoms with E-state index in [1.807, 2.05) is 23.6 Å². The molecule has 0 saturated heterocycles. The van der Waals surface area contributed by atoms with Gasteiger partial charge in [0.15, 0.2) is 0 Å². The summed E-state index contributed by atoms with van der Waals surface area (Å²) in [7, 11) is 0. The molecule has 1 heterocycles. The lowest BCUT2D eigenvalue weighted by atomic mass is 10.2. The molecular weight excluding hydrogens is 206 g/mol. The molecule has 0 saturated carbocycles. The first-order valence-electron chi connectivity index (χ1n) is 4.96. The van der Waals surface area contributed by atoms with E-state index in [4.69, 9.17) is 5.11 Å². The molecule has 0 aliphatic rings. The summed E-state index contributed by atoms with van der Waals surface area (Å²) in [6, 6.07) is 10.3. The van der Waals surface area contributed by atoms with Crippen LogP contribution in [0.4, 0.5) is 0 Å². The Morgan fingerprint density at radius 1 is 1.20 bits per heavy atom. The minimum absolute atomic E-state index is 0.175. The molecule has 78 valence electrons. The lowest BCUT2D eigenvalue weighted by Gasteiger charge is -1.96. The van der Waals surface area contributed by atoms with Crippen molar-refractivity contribution < 1.29 is 5.11 Å². The third-order valence-electron chi connectivity index (χ3n) is 2.17. The fraction of sp³-hybridized carbons (Fsp3) is 0.250. The van der Waals surface area contributed by atoms with Gasteiger partial charge in [0, 0.05) is 24.8 Å². The van der Waals surface area contributed by atoms with Crippen molar-refractivity contribution in [3.05, 3.63) is 52.0 Å². The Kier molecular flexibility index (Phi) is 3.48. The number of hydrogen-bond acceptors (Lipinski definition) is 3. The summed E-state index contributed by atoms with van der Waals surface area (Å²) in [6.07, 6.45) is 1.54. The molecule has 0 bridgehead atoms. The molecule has 0 amide bonds. The fourth-order valence-corrected chi connectivity index (χ4v) is 2.29. The van der Waals surface area contributed by atoms with Crippen LogP contribution in [0.5, 0.6) is 0 Å². The summed E-state index contributed by atoms with van der Waals surface area (Å²) in [6.45, 7) is 0.175. The van der Waals surface area contributed by atoms with Crippen LogP contribution in [0.3, 0.4) is 0 Å². The van der Waals surface area contributed by atoms with Crippen molar-refractivity contribution >= 4 is 11.3 Å². The van der Waals surface area contributed by atoms with Gasteiger partial charge in [0.2, 0.25) is 0 Å². The summed E-state index contributed by atoms with van der Waals surface area (Å²) in [5.41, 5.74) is 2.27. The van der Waals surface area contributed by atoms with Crippen LogP contribution in [-0.4, -0.2) is 16.7 Å². The number of nitrogens with zero attached hydrogens (tertiary/aromatic N) is 1. The van der Waals surface area contributed by atoms with Gasteiger partial charge in [0.1, 0.15) is 0 Å². The van der Waals surface area contributed by atoms with Crippen molar-refractivity contribution in [2.75, 3.05) is 6.61 Å². The largest absolute Gasteiger partial charge is 0.396 e. The van der Waals surface area contributed by atoms with Gasteiger partial charge in [-0.2, -0.15) is 0 Å². The van der Waals surface area contributed by atoms with Crippen LogP contribution in [0.15, 0.2) is 35.7 Å². The number of hydrogen-bond donors (Lipinski definition) is 1. The molecule has 1 aromatic carbocycles. The van der Waals surface area contributed by atoms with Gasteiger partial charge in [-0.3, -0.25) is 0 Å². The molecule has 0 spiro atoms. The van der Waals surface area contributed by atoms with E-state index in [-0.39, 0.29) is 6.61 Å². The molecule has 0 aliphatic carbocycles. The van der Waals surface area contributed by atoms with E-state index in [2.05, 4.69) is 17.1 Å². The van der Waals surface area contributed by atoms with Gasteiger partial charge >= 0.3 is 0 Å². The van der Waals surface area contributed by atoms with E-state index >= 15 is 0 Å². The second-order valence-electron chi connectivity index (χ2n) is 3.37. The van der Waals surface area contributed by atoms with Crippen LogP contribution in [0.2, 0.25) is 0 Å². The molecule has 0 unspecified atom stereocenters. The molecule has 1 N–H and O–H groups in total. The van der Waals surface area contributed by atoms with Crippen molar-refractivity contribution in [3.63, 3.8) is 0 Å². The van der Waals surface area contributed by atoms with Crippen molar-refractivity contribution in [2.45, 2.75) is 12.8 Å². The smallest absolute Gasteiger partial charge is 0.0972 e. The van der Waals surface area contributed by atoms with E-state index in [9.17, 15) is 0 Å². The molecule has 0 atom stereocenters. The fourth-order valence-electron chi connectivity index (χ4n) is 1.43. The van der Waals surface area contributed by atoms with Crippen LogP contribution in [0.25, 0.3) is 0 Å². The average molecular weight is 219 g/mol. The monoisotopic (exact) mass is 219 g/mol. The van der Waals surface area contributed by atoms with E-state index in [1.54, 1.807) is 11.3 Å². The molecule has 2 nitrogen and oxygen atoms in total. The number of thiazole rings is 1. The van der Waals surface area contributed by atoms with Crippen LogP contribution < -0.4 is 0 Å². The van der Waals surface area contributed by atoms with Crippen LogP contribution in [0.1, 0.15) is 16.3 Å². The first-order chi connectivity index (χ1) is 7.38. The highest BCUT2D eigenvalue weighted by atomic mass is 32.1. The Hall–Kier alpha value is -1.19. The Bertz CT molecular complexity index is 411. The summed E-state index contributed by atoms with van der Waals surface area (Å²) in [5.74, 6) is 0. The maximum absolute atomic E-state index is 8.78. The topological polar surface area (TPSA) is 33.1 Å². The van der Waals surface area contributed by atoms with E-state index in [0.717, 1.165) is 17.1 Å². The number of aromatic nitrogens is 1. The molecule has 0 aliphatic heterocycles. The molecule has 2 rings (SSSR count). The number of benzene rings is 1. The zero-order valence-corrected chi connectivity index (χ0v) is 9.20. The van der Waals surface area contributed by atoms with E-state index < -0.39 is 0 Å². The summed E-state index contributed by atoms with van der Waals surface area (Å²) >= 11 is 1.66. The normalized spacial score (nSPS) is 10.5. The Morgan fingerprint density at radius 3 is 2.73 bits per heavy atom. The van der Waals surface area contributed by atoms with Gasteiger partial charge in [-0.1, -0.05) is 30.3 Å². The lowest BCUT2D eigenvalue weighted by Crippen LogP contribution is -1.92. The molecule has 0 fully saturated rings. The minimum Gasteiger partial charge on any atom is -0.396 e. The highest BCUT2D eigenvalue weighted by Crippen LogP contribution is 2.14. The average Bonchev–Trinajstić information content (AvgIpc) is 2.68. The van der Waals surface area contributed by atoms with Gasteiger partial charge in [-0.05, 0) is 5.56 Å². The molecule has 15 heavy (non-hydrogen) atoms. The Balaban J connectivity index is 2.05. The maximum Gasteiger partial charge on any atom is 0.0972 e. The molecule has 2 aromatic rings. The van der Waals surface area contributed by atoms with Gasteiger partial charge in [0.25, 0.3) is 0 Å². The number of aliphatic hydroxyl groups is 1. The van der Waals surface area contributed by atoms with Gasteiger partial charge < -0.3 is 5.11 Å². The first kappa shape index (κ1) is 10.3. The summed E-state index contributed by atoms with van der Waals surface area (Å²) in [4.78, 5) is 4.45. The quantitative estimate of drug-likeness (QED) is 0.855. The van der Waals surface area contributed by atoms with Crippen molar-refractivity contribution in [1.29, 1.82) is 0 Å². The summed E-state index contributed by atoms with van der Waals surface area (Å²) < 4.78 is 0. The standard InChI is InChI=1S/C12H13NOS/c14-7-6-11-9-15-12(13-11)8-10-4-2-1-3-5-10/h1-5,9,14H,6-8H2. The third-order valence-corrected chi connectivity index (χ3v) is 3.06. The third kappa shape index (κ3) is 2.88. The maximum atomic E-state index is 8.78. The highest BCUT2D eigenvalue weighted by molar-refractivity contribution is 7.09. The SMILES string of the molecule is OCCc1csc(Cc2ccccc2)n1. The van der Waals surface area contributed by atoms with Crippen LogP contribution in [0, 0.1) is 0 Å². The summed E-state index contributed by atoms with van der Waals surface area (Å²) in [5, 5.41) is 11.9. The van der Waals surface area contributed by atoms with Crippen molar-refractivity contribution in [3.8, 4) is 0 Å². The second-order valence-corrected chi connectivity index (χ2v) is 4.31. The predicted octanol–water partition coefficient (Wildman–Crippen LogP) is 2.27. The predicted molar refractivity (Wildman–Crippen MR) is 62.2 cm³/mol. The molecular formula is C12H13NOS. The van der Waals surface area contributed by atoms with E-state index in [0.29, 0.717) is 6.42 Å². The zero-order chi connectivity index (χ0) is 10.5. The van der Waals surface area contributed by atoms with Crippen molar-refractivity contribution in [2.24, 2.45) is 0 Å². The lowest BCUT2D eigenvalue weighted by molar-refractivity contribution is 0.298. The first-order valence-corrected chi connectivity index (χ1v) is 5.84. The molecule has 1 aromatic heterocycles. The molecule has 3 heteroatoms.